The van der Waals surface area contributed by atoms with Gasteiger partial charge in [-0.25, -0.2) is 8.78 Å². The predicted molar refractivity (Wildman–Crippen MR) is 82.5 cm³/mol. The highest BCUT2D eigenvalue weighted by Crippen LogP contribution is 2.32. The van der Waals surface area contributed by atoms with E-state index >= 15 is 0 Å². The van der Waals surface area contributed by atoms with Gasteiger partial charge in [0.2, 0.25) is 0 Å². The molecule has 2 nitrogen and oxygen atoms in total. The second kappa shape index (κ2) is 6.57. The van der Waals surface area contributed by atoms with E-state index in [1.807, 2.05) is 0 Å². The topological polar surface area (TPSA) is 24.4 Å². The highest BCUT2D eigenvalue weighted by molar-refractivity contribution is 8.15. The average molecular weight is 298 g/mol. The summed E-state index contributed by atoms with van der Waals surface area (Å²) in [4.78, 5) is 4.38. The molecule has 1 unspecified atom stereocenters. The minimum absolute atomic E-state index is 0.0959. The van der Waals surface area contributed by atoms with Crippen LogP contribution in [0.3, 0.4) is 0 Å². The second-order valence-corrected chi connectivity index (χ2v) is 6.28. The van der Waals surface area contributed by atoms with Crippen molar-refractivity contribution in [1.82, 2.24) is 0 Å². The van der Waals surface area contributed by atoms with Crippen molar-refractivity contribution < 1.29 is 8.78 Å². The molecule has 1 N–H and O–H groups in total. The number of thioether (sulfide) groups is 1. The minimum Gasteiger partial charge on any atom is -0.330 e. The van der Waals surface area contributed by atoms with Crippen molar-refractivity contribution in [3.63, 3.8) is 0 Å². The fourth-order valence-electron chi connectivity index (χ4n) is 2.40. The molecule has 0 bridgehead atoms. The number of nitrogens with one attached hydrogen (secondary N) is 1. The summed E-state index contributed by atoms with van der Waals surface area (Å²) in [5, 5.41) is 3.84. The van der Waals surface area contributed by atoms with E-state index in [0.717, 1.165) is 12.8 Å². The molecule has 1 heterocycles. The number of rotatable bonds is 4. The molecular weight excluding hydrogens is 278 g/mol. The Labute approximate surface area is 123 Å². The highest BCUT2D eigenvalue weighted by Gasteiger charge is 2.27. The Hall–Kier alpha value is -1.10. The van der Waals surface area contributed by atoms with Crippen LogP contribution >= 0.6 is 11.8 Å². The summed E-state index contributed by atoms with van der Waals surface area (Å²) < 4.78 is 27.6. The Morgan fingerprint density at radius 3 is 2.70 bits per heavy atom. The van der Waals surface area contributed by atoms with Crippen LogP contribution < -0.4 is 5.32 Å². The number of hydrogen-bond donors (Lipinski definition) is 1. The van der Waals surface area contributed by atoms with Crippen molar-refractivity contribution in [3.8, 4) is 0 Å². The molecule has 0 aliphatic carbocycles. The van der Waals surface area contributed by atoms with Crippen molar-refractivity contribution in [2.24, 2.45) is 10.9 Å². The average Bonchev–Trinajstić information content (AvgIpc) is 2.89. The number of benzene rings is 1. The first-order chi connectivity index (χ1) is 9.56. The lowest BCUT2D eigenvalue weighted by Crippen LogP contribution is -2.18. The molecule has 1 aliphatic rings. The van der Waals surface area contributed by atoms with Gasteiger partial charge < -0.3 is 5.32 Å². The monoisotopic (exact) mass is 298 g/mol. The van der Waals surface area contributed by atoms with Crippen molar-refractivity contribution >= 4 is 22.6 Å². The van der Waals surface area contributed by atoms with E-state index in [4.69, 9.17) is 0 Å². The van der Waals surface area contributed by atoms with E-state index in [0.29, 0.717) is 28.4 Å². The number of nitrogens with zero attached hydrogens (tertiary/aromatic N) is 1. The standard InChI is InChI=1S/C15H20F2N2S/c1-4-10(5-2)12-8-18-15(20-12)19-14-11(16)7-6-9(3)13(14)17/h6-7,10,12H,4-5,8H2,1-3H3,(H,18,19). The van der Waals surface area contributed by atoms with Crippen LogP contribution in [0.2, 0.25) is 0 Å². The van der Waals surface area contributed by atoms with Crippen LogP contribution in [0.5, 0.6) is 0 Å². The molecule has 2 rings (SSSR count). The number of aliphatic imine (C=N–C) groups is 1. The lowest BCUT2D eigenvalue weighted by molar-refractivity contribution is 0.479. The molecule has 0 spiro atoms. The van der Waals surface area contributed by atoms with Crippen LogP contribution in [0, 0.1) is 24.5 Å². The lowest BCUT2D eigenvalue weighted by atomic mass is 9.99. The van der Waals surface area contributed by atoms with E-state index < -0.39 is 11.6 Å². The first-order valence-corrected chi connectivity index (χ1v) is 7.87. The zero-order chi connectivity index (χ0) is 14.7. The van der Waals surface area contributed by atoms with Crippen LogP contribution in [0.4, 0.5) is 14.5 Å². The maximum Gasteiger partial charge on any atom is 0.161 e. The van der Waals surface area contributed by atoms with Gasteiger partial charge in [-0.3, -0.25) is 4.99 Å². The van der Waals surface area contributed by atoms with Gasteiger partial charge in [-0.1, -0.05) is 44.5 Å². The molecule has 5 heteroatoms. The molecule has 0 amide bonds. The molecule has 1 aromatic rings. The predicted octanol–water partition coefficient (Wildman–Crippen LogP) is 4.59. The summed E-state index contributed by atoms with van der Waals surface area (Å²) in [6.45, 7) is 6.67. The van der Waals surface area contributed by atoms with Crippen molar-refractivity contribution in [1.29, 1.82) is 0 Å². The number of amidine groups is 1. The van der Waals surface area contributed by atoms with Gasteiger partial charge >= 0.3 is 0 Å². The Morgan fingerprint density at radius 2 is 2.05 bits per heavy atom. The first kappa shape index (κ1) is 15.3. The quantitative estimate of drug-likeness (QED) is 0.879. The fraction of sp³-hybridized carbons (Fsp3) is 0.533. The van der Waals surface area contributed by atoms with Crippen molar-refractivity contribution in [2.45, 2.75) is 38.9 Å². The summed E-state index contributed by atoms with van der Waals surface area (Å²) in [5.74, 6) is -0.531. The smallest absolute Gasteiger partial charge is 0.161 e. The number of hydrogen-bond acceptors (Lipinski definition) is 3. The van der Waals surface area contributed by atoms with Gasteiger partial charge in [0.1, 0.15) is 11.5 Å². The van der Waals surface area contributed by atoms with Gasteiger partial charge in [-0.15, -0.1) is 0 Å². The van der Waals surface area contributed by atoms with Gasteiger partial charge in [0.25, 0.3) is 0 Å². The number of halogens is 2. The fourth-order valence-corrected chi connectivity index (χ4v) is 3.72. The molecule has 1 aromatic carbocycles. The largest absolute Gasteiger partial charge is 0.330 e. The molecule has 1 aliphatic heterocycles. The van der Waals surface area contributed by atoms with E-state index in [-0.39, 0.29) is 5.69 Å². The highest BCUT2D eigenvalue weighted by atomic mass is 32.2. The lowest BCUT2D eigenvalue weighted by Gasteiger charge is -2.18. The summed E-state index contributed by atoms with van der Waals surface area (Å²) in [5.41, 5.74) is 0.329. The molecule has 110 valence electrons. The van der Waals surface area contributed by atoms with E-state index in [2.05, 4.69) is 24.2 Å². The van der Waals surface area contributed by atoms with Gasteiger partial charge in [-0.2, -0.15) is 0 Å². The van der Waals surface area contributed by atoms with Crippen LogP contribution in [-0.4, -0.2) is 17.0 Å². The van der Waals surface area contributed by atoms with Crippen LogP contribution in [0.1, 0.15) is 32.3 Å². The van der Waals surface area contributed by atoms with Crippen LogP contribution in [0.15, 0.2) is 17.1 Å². The molecule has 0 aromatic heterocycles. The Bertz CT molecular complexity index is 513. The number of aryl methyl sites for hydroxylation is 1. The zero-order valence-corrected chi connectivity index (χ0v) is 12.9. The third-order valence-corrected chi connectivity index (χ3v) is 5.06. The zero-order valence-electron chi connectivity index (χ0n) is 12.0. The van der Waals surface area contributed by atoms with Crippen molar-refractivity contribution in [3.05, 3.63) is 29.3 Å². The van der Waals surface area contributed by atoms with E-state index in [9.17, 15) is 8.78 Å². The Kier molecular flexibility index (Phi) is 5.02. The molecule has 0 radical (unpaired) electrons. The maximum atomic E-state index is 13.9. The second-order valence-electron chi connectivity index (χ2n) is 5.06. The molecule has 20 heavy (non-hydrogen) atoms. The summed E-state index contributed by atoms with van der Waals surface area (Å²) in [6.07, 6.45) is 2.20. The minimum atomic E-state index is -0.581. The van der Waals surface area contributed by atoms with E-state index in [1.54, 1.807) is 18.7 Å². The SMILES string of the molecule is CCC(CC)C1CN=C(Nc2c(F)ccc(C)c2F)S1. The van der Waals surface area contributed by atoms with Gasteiger partial charge in [0.05, 0.1) is 6.54 Å². The van der Waals surface area contributed by atoms with Gasteiger partial charge in [-0.05, 0) is 24.5 Å². The van der Waals surface area contributed by atoms with Gasteiger partial charge in [0.15, 0.2) is 11.0 Å². The summed E-state index contributed by atoms with van der Waals surface area (Å²) in [6, 6.07) is 2.71. The molecule has 0 fully saturated rings. The number of anilines is 1. The molecule has 0 saturated heterocycles. The van der Waals surface area contributed by atoms with E-state index in [1.165, 1.54) is 12.1 Å². The Morgan fingerprint density at radius 1 is 1.35 bits per heavy atom. The maximum absolute atomic E-state index is 13.9. The third-order valence-electron chi connectivity index (χ3n) is 3.77. The molecular formula is C15H20F2N2S. The van der Waals surface area contributed by atoms with Crippen LogP contribution in [-0.2, 0) is 0 Å². The van der Waals surface area contributed by atoms with Crippen LogP contribution in [0.25, 0.3) is 0 Å². The Balaban J connectivity index is 2.08. The molecule has 0 saturated carbocycles. The third kappa shape index (κ3) is 3.14. The summed E-state index contributed by atoms with van der Waals surface area (Å²) in [7, 11) is 0. The first-order valence-electron chi connectivity index (χ1n) is 6.99. The van der Waals surface area contributed by atoms with Crippen molar-refractivity contribution in [2.75, 3.05) is 11.9 Å². The normalized spacial score (nSPS) is 18.5. The summed E-state index contributed by atoms with van der Waals surface area (Å²) >= 11 is 1.59. The molecule has 1 atom stereocenters. The van der Waals surface area contributed by atoms with Gasteiger partial charge in [0, 0.05) is 5.25 Å².